The van der Waals surface area contributed by atoms with E-state index in [4.69, 9.17) is 0 Å². The zero-order valence-corrected chi connectivity index (χ0v) is 10.9. The van der Waals surface area contributed by atoms with Crippen molar-refractivity contribution in [2.75, 3.05) is 6.54 Å². The van der Waals surface area contributed by atoms with E-state index >= 15 is 0 Å². The number of hydrogen-bond acceptors (Lipinski definition) is 1. The molecule has 0 aliphatic carbocycles. The van der Waals surface area contributed by atoms with Crippen LogP contribution in [0.2, 0.25) is 0 Å². The highest BCUT2D eigenvalue weighted by Crippen LogP contribution is 2.14. The van der Waals surface area contributed by atoms with E-state index in [-0.39, 0.29) is 0 Å². The van der Waals surface area contributed by atoms with Crippen LogP contribution in [-0.2, 0) is 6.42 Å². The molecule has 0 fully saturated rings. The van der Waals surface area contributed by atoms with Gasteiger partial charge in [-0.05, 0) is 42.2 Å². The molecule has 0 bridgehead atoms. The van der Waals surface area contributed by atoms with Crippen molar-refractivity contribution in [1.82, 2.24) is 5.32 Å². The lowest BCUT2D eigenvalue weighted by Gasteiger charge is -2.07. The van der Waals surface area contributed by atoms with Gasteiger partial charge < -0.3 is 5.32 Å². The Hall–Kier alpha value is -1.24. The van der Waals surface area contributed by atoms with Crippen LogP contribution in [0.5, 0.6) is 0 Å². The summed E-state index contributed by atoms with van der Waals surface area (Å²) in [6.07, 6.45) is 3.22. The number of benzene rings is 1. The summed E-state index contributed by atoms with van der Waals surface area (Å²) < 4.78 is 0. The van der Waals surface area contributed by atoms with Gasteiger partial charge in [0.1, 0.15) is 0 Å². The molecule has 1 aromatic carbocycles. The Bertz CT molecular complexity index is 333. The van der Waals surface area contributed by atoms with Gasteiger partial charge >= 0.3 is 0 Å². The second-order valence-corrected chi connectivity index (χ2v) is 4.68. The van der Waals surface area contributed by atoms with Crippen LogP contribution in [0.3, 0.4) is 0 Å². The Morgan fingerprint density at radius 3 is 2.38 bits per heavy atom. The van der Waals surface area contributed by atoms with E-state index < -0.39 is 0 Å². The molecule has 1 heteroatoms. The summed E-state index contributed by atoms with van der Waals surface area (Å²) in [4.78, 5) is 0. The molecule has 0 atom stereocenters. The molecule has 1 aromatic rings. The maximum Gasteiger partial charge on any atom is 0.0164 e. The van der Waals surface area contributed by atoms with E-state index in [1.807, 2.05) is 0 Å². The largest absolute Gasteiger partial charge is 0.390 e. The Labute approximate surface area is 99.6 Å². The minimum atomic E-state index is 0.687. The van der Waals surface area contributed by atoms with E-state index in [1.54, 1.807) is 0 Å². The first-order valence-corrected chi connectivity index (χ1v) is 6.13. The summed E-state index contributed by atoms with van der Waals surface area (Å²) in [6.45, 7) is 9.79. The second kappa shape index (κ2) is 6.37. The molecule has 0 aromatic heterocycles. The molecule has 0 saturated carbocycles. The molecule has 0 unspecified atom stereocenters. The van der Waals surface area contributed by atoms with Gasteiger partial charge in [0, 0.05) is 6.54 Å². The number of aryl methyl sites for hydroxylation is 1. The number of nitrogens with one attached hydrogen (secondary N) is 1. The molecule has 0 aliphatic rings. The standard InChI is InChI=1S/C15H23N/c1-5-14-6-8-15(9-7-14)13(4)11-16-10-12(2)3/h6-9,11-12,16H,5,10H2,1-4H3/b13-11+. The summed E-state index contributed by atoms with van der Waals surface area (Å²) in [7, 11) is 0. The van der Waals surface area contributed by atoms with Crippen LogP contribution >= 0.6 is 0 Å². The normalized spacial score (nSPS) is 11.9. The van der Waals surface area contributed by atoms with E-state index in [1.165, 1.54) is 16.7 Å². The number of hydrogen-bond donors (Lipinski definition) is 1. The molecule has 0 aliphatic heterocycles. The van der Waals surface area contributed by atoms with Crippen molar-refractivity contribution in [3.8, 4) is 0 Å². The first-order chi connectivity index (χ1) is 7.63. The SMILES string of the molecule is CCc1ccc(/C(C)=C/NCC(C)C)cc1. The van der Waals surface area contributed by atoms with E-state index in [0.29, 0.717) is 5.92 Å². The topological polar surface area (TPSA) is 12.0 Å². The lowest BCUT2D eigenvalue weighted by atomic mass is 10.1. The molecule has 0 amide bonds. The summed E-state index contributed by atoms with van der Waals surface area (Å²) in [6, 6.07) is 8.80. The van der Waals surface area contributed by atoms with Crippen LogP contribution in [0.1, 0.15) is 38.8 Å². The summed E-state index contributed by atoms with van der Waals surface area (Å²) in [5.41, 5.74) is 3.99. The van der Waals surface area contributed by atoms with Crippen molar-refractivity contribution in [2.45, 2.75) is 34.1 Å². The predicted molar refractivity (Wildman–Crippen MR) is 72.3 cm³/mol. The van der Waals surface area contributed by atoms with Gasteiger partial charge in [0.05, 0.1) is 0 Å². The predicted octanol–water partition coefficient (Wildman–Crippen LogP) is 3.86. The molecule has 0 heterocycles. The van der Waals surface area contributed by atoms with Crippen molar-refractivity contribution >= 4 is 5.57 Å². The lowest BCUT2D eigenvalue weighted by molar-refractivity contribution is 0.611. The third-order valence-electron chi connectivity index (χ3n) is 2.66. The first-order valence-electron chi connectivity index (χ1n) is 6.13. The Morgan fingerprint density at radius 2 is 1.88 bits per heavy atom. The van der Waals surface area contributed by atoms with Crippen molar-refractivity contribution in [1.29, 1.82) is 0 Å². The molecular formula is C15H23N. The van der Waals surface area contributed by atoms with Crippen molar-refractivity contribution < 1.29 is 0 Å². The molecule has 1 N–H and O–H groups in total. The van der Waals surface area contributed by atoms with E-state index in [0.717, 1.165) is 13.0 Å². The summed E-state index contributed by atoms with van der Waals surface area (Å²) in [5, 5.41) is 3.35. The van der Waals surface area contributed by atoms with Gasteiger partial charge in [-0.15, -0.1) is 0 Å². The average molecular weight is 217 g/mol. The maximum absolute atomic E-state index is 3.35. The van der Waals surface area contributed by atoms with Crippen LogP contribution in [-0.4, -0.2) is 6.54 Å². The molecule has 16 heavy (non-hydrogen) atoms. The average Bonchev–Trinajstić information content (AvgIpc) is 2.28. The van der Waals surface area contributed by atoms with Gasteiger partial charge in [-0.25, -0.2) is 0 Å². The Kier molecular flexibility index (Phi) is 5.10. The third kappa shape index (κ3) is 4.09. The molecule has 0 spiro atoms. The summed E-state index contributed by atoms with van der Waals surface area (Å²) >= 11 is 0. The van der Waals surface area contributed by atoms with Crippen LogP contribution in [0, 0.1) is 5.92 Å². The summed E-state index contributed by atoms with van der Waals surface area (Å²) in [5.74, 6) is 0.687. The zero-order chi connectivity index (χ0) is 12.0. The fourth-order valence-electron chi connectivity index (χ4n) is 1.53. The van der Waals surface area contributed by atoms with E-state index in [2.05, 4.69) is 63.5 Å². The van der Waals surface area contributed by atoms with Crippen molar-refractivity contribution in [3.05, 3.63) is 41.6 Å². The van der Waals surface area contributed by atoms with Crippen molar-refractivity contribution in [2.24, 2.45) is 5.92 Å². The molecular weight excluding hydrogens is 194 g/mol. The first kappa shape index (κ1) is 12.8. The van der Waals surface area contributed by atoms with Gasteiger partial charge in [0.15, 0.2) is 0 Å². The molecule has 1 nitrogen and oxygen atoms in total. The molecule has 88 valence electrons. The minimum Gasteiger partial charge on any atom is -0.390 e. The van der Waals surface area contributed by atoms with Gasteiger partial charge in [0.2, 0.25) is 0 Å². The fourth-order valence-corrected chi connectivity index (χ4v) is 1.53. The second-order valence-electron chi connectivity index (χ2n) is 4.68. The highest BCUT2D eigenvalue weighted by molar-refractivity contribution is 5.63. The molecule has 0 radical (unpaired) electrons. The molecule has 0 saturated heterocycles. The smallest absolute Gasteiger partial charge is 0.0164 e. The van der Waals surface area contributed by atoms with Crippen LogP contribution in [0.4, 0.5) is 0 Å². The number of allylic oxidation sites excluding steroid dienone is 1. The van der Waals surface area contributed by atoms with Crippen LogP contribution < -0.4 is 5.32 Å². The fraction of sp³-hybridized carbons (Fsp3) is 0.467. The van der Waals surface area contributed by atoms with Gasteiger partial charge in [0.25, 0.3) is 0 Å². The quantitative estimate of drug-likeness (QED) is 0.790. The monoisotopic (exact) mass is 217 g/mol. The maximum atomic E-state index is 3.35. The Morgan fingerprint density at radius 1 is 1.25 bits per heavy atom. The van der Waals surface area contributed by atoms with Gasteiger partial charge in [-0.2, -0.15) is 0 Å². The van der Waals surface area contributed by atoms with Crippen LogP contribution in [0.25, 0.3) is 5.57 Å². The Balaban J connectivity index is 2.61. The van der Waals surface area contributed by atoms with Gasteiger partial charge in [-0.1, -0.05) is 45.0 Å². The van der Waals surface area contributed by atoms with Crippen LogP contribution in [0.15, 0.2) is 30.5 Å². The van der Waals surface area contributed by atoms with Crippen molar-refractivity contribution in [3.63, 3.8) is 0 Å². The van der Waals surface area contributed by atoms with E-state index in [9.17, 15) is 0 Å². The highest BCUT2D eigenvalue weighted by atomic mass is 14.8. The number of rotatable bonds is 5. The molecule has 1 rings (SSSR count). The zero-order valence-electron chi connectivity index (χ0n) is 10.9. The lowest BCUT2D eigenvalue weighted by Crippen LogP contribution is -2.13. The third-order valence-corrected chi connectivity index (χ3v) is 2.66. The minimum absolute atomic E-state index is 0.687. The highest BCUT2D eigenvalue weighted by Gasteiger charge is 1.96. The van der Waals surface area contributed by atoms with Gasteiger partial charge in [-0.3, -0.25) is 0 Å².